The number of nitrogens with one attached hydrogen (secondary N) is 1. The molecule has 0 aromatic heterocycles. The van der Waals surface area contributed by atoms with E-state index in [0.717, 1.165) is 32.2 Å². The van der Waals surface area contributed by atoms with Crippen LogP contribution in [0.3, 0.4) is 0 Å². The van der Waals surface area contributed by atoms with Gasteiger partial charge in [0.15, 0.2) is 0 Å². The molecule has 0 radical (unpaired) electrons. The van der Waals surface area contributed by atoms with Crippen molar-refractivity contribution < 1.29 is 4.79 Å². The molecule has 0 aliphatic heterocycles. The van der Waals surface area contributed by atoms with Crippen LogP contribution in [0.15, 0.2) is 18.2 Å². The molecule has 0 fully saturated rings. The number of hydrogen-bond donors (Lipinski definition) is 1. The normalized spacial score (nSPS) is 10.4. The molecule has 1 N–H and O–H groups in total. The average Bonchev–Trinajstić information content (AvgIpc) is 2.28. The lowest BCUT2D eigenvalue weighted by molar-refractivity contribution is -0.121. The molecule has 0 unspecified atom stereocenters. The Morgan fingerprint density at radius 2 is 1.78 bits per heavy atom. The average molecular weight is 247 g/mol. The lowest BCUT2D eigenvalue weighted by Crippen LogP contribution is -2.25. The summed E-state index contributed by atoms with van der Waals surface area (Å²) in [5.74, 6) is 0.188. The quantitative estimate of drug-likeness (QED) is 0.734. The maximum atomic E-state index is 11.5. The summed E-state index contributed by atoms with van der Waals surface area (Å²) in [6.45, 7) is 7.12. The van der Waals surface area contributed by atoms with Crippen molar-refractivity contribution in [1.29, 1.82) is 0 Å². The van der Waals surface area contributed by atoms with Crippen LogP contribution in [-0.4, -0.2) is 12.5 Å². The van der Waals surface area contributed by atoms with Gasteiger partial charge in [0.1, 0.15) is 0 Å². The highest BCUT2D eigenvalue weighted by atomic mass is 16.1. The second-order valence-electron chi connectivity index (χ2n) is 5.05. The van der Waals surface area contributed by atoms with Gasteiger partial charge in [-0.05, 0) is 32.3 Å². The first-order valence-corrected chi connectivity index (χ1v) is 6.95. The van der Waals surface area contributed by atoms with Gasteiger partial charge in [0.25, 0.3) is 0 Å². The summed E-state index contributed by atoms with van der Waals surface area (Å²) in [6.07, 6.45) is 4.90. The second-order valence-corrected chi connectivity index (χ2v) is 5.05. The molecule has 18 heavy (non-hydrogen) atoms. The molecule has 1 amide bonds. The van der Waals surface area contributed by atoms with Crippen LogP contribution in [0.5, 0.6) is 0 Å². The lowest BCUT2D eigenvalue weighted by Gasteiger charge is -2.07. The number of unbranched alkanes of at least 4 members (excludes halogenated alkanes) is 2. The number of amides is 1. The predicted molar refractivity (Wildman–Crippen MR) is 76.8 cm³/mol. The molecule has 0 spiro atoms. The monoisotopic (exact) mass is 247 g/mol. The topological polar surface area (TPSA) is 29.1 Å². The predicted octanol–water partition coefficient (Wildman–Crippen LogP) is 3.54. The van der Waals surface area contributed by atoms with Gasteiger partial charge < -0.3 is 5.32 Å². The van der Waals surface area contributed by atoms with Gasteiger partial charge in [0, 0.05) is 13.0 Å². The zero-order valence-electron chi connectivity index (χ0n) is 11.9. The van der Waals surface area contributed by atoms with Crippen molar-refractivity contribution in [3.05, 3.63) is 34.9 Å². The van der Waals surface area contributed by atoms with Gasteiger partial charge in [-0.1, -0.05) is 49.1 Å². The minimum Gasteiger partial charge on any atom is -0.356 e. The molecular weight excluding hydrogens is 222 g/mol. The van der Waals surface area contributed by atoms with Crippen LogP contribution in [0, 0.1) is 13.8 Å². The summed E-state index contributed by atoms with van der Waals surface area (Å²) in [5.41, 5.74) is 3.89. The Balaban J connectivity index is 2.26. The van der Waals surface area contributed by atoms with Crippen LogP contribution in [0.1, 0.15) is 49.3 Å². The van der Waals surface area contributed by atoms with E-state index in [1.165, 1.54) is 16.7 Å². The molecule has 100 valence electrons. The highest BCUT2D eigenvalue weighted by Crippen LogP contribution is 2.09. The number of carbonyl (C=O) groups excluding carboxylic acids is 1. The fourth-order valence-electron chi connectivity index (χ4n) is 2.18. The van der Waals surface area contributed by atoms with Crippen molar-refractivity contribution in [1.82, 2.24) is 5.32 Å². The Hall–Kier alpha value is -1.31. The fraction of sp³-hybridized carbons (Fsp3) is 0.562. The molecule has 0 aliphatic rings. The summed E-state index contributed by atoms with van der Waals surface area (Å²) in [7, 11) is 0. The molecule has 1 aromatic rings. The SMILES string of the molecule is CCCCCC(=O)NCCc1cc(C)cc(C)c1. The number of aryl methyl sites for hydroxylation is 2. The summed E-state index contributed by atoms with van der Waals surface area (Å²) in [4.78, 5) is 11.5. The van der Waals surface area contributed by atoms with Crippen LogP contribution in [0.2, 0.25) is 0 Å². The van der Waals surface area contributed by atoms with Gasteiger partial charge in [0.05, 0.1) is 0 Å². The third-order valence-electron chi connectivity index (χ3n) is 3.02. The third kappa shape index (κ3) is 5.85. The van der Waals surface area contributed by atoms with E-state index in [-0.39, 0.29) is 5.91 Å². The minimum absolute atomic E-state index is 0.188. The molecule has 2 heteroatoms. The van der Waals surface area contributed by atoms with Crippen LogP contribution in [0.4, 0.5) is 0 Å². The number of carbonyl (C=O) groups is 1. The maximum absolute atomic E-state index is 11.5. The number of hydrogen-bond acceptors (Lipinski definition) is 1. The van der Waals surface area contributed by atoms with E-state index >= 15 is 0 Å². The summed E-state index contributed by atoms with van der Waals surface area (Å²) >= 11 is 0. The lowest BCUT2D eigenvalue weighted by atomic mass is 10.1. The third-order valence-corrected chi connectivity index (χ3v) is 3.02. The molecule has 1 rings (SSSR count). The molecule has 0 saturated carbocycles. The molecule has 0 bridgehead atoms. The van der Waals surface area contributed by atoms with Crippen molar-refractivity contribution in [2.24, 2.45) is 0 Å². The summed E-state index contributed by atoms with van der Waals surface area (Å²) in [6, 6.07) is 6.55. The number of benzene rings is 1. The minimum atomic E-state index is 0.188. The first kappa shape index (κ1) is 14.7. The van der Waals surface area contributed by atoms with Crippen LogP contribution < -0.4 is 5.32 Å². The Morgan fingerprint density at radius 1 is 1.11 bits per heavy atom. The zero-order chi connectivity index (χ0) is 13.4. The van der Waals surface area contributed by atoms with Crippen LogP contribution in [0.25, 0.3) is 0 Å². The molecule has 0 heterocycles. The van der Waals surface area contributed by atoms with Crippen molar-refractivity contribution in [3.63, 3.8) is 0 Å². The van der Waals surface area contributed by atoms with Gasteiger partial charge in [-0.25, -0.2) is 0 Å². The Kier molecular flexibility index (Phi) is 6.48. The molecule has 2 nitrogen and oxygen atoms in total. The first-order chi connectivity index (χ1) is 8.61. The van der Waals surface area contributed by atoms with Gasteiger partial charge in [-0.15, -0.1) is 0 Å². The standard InChI is InChI=1S/C16H25NO/c1-4-5-6-7-16(18)17-9-8-15-11-13(2)10-14(3)12-15/h10-12H,4-9H2,1-3H3,(H,17,18). The van der Waals surface area contributed by atoms with E-state index < -0.39 is 0 Å². The fourth-order valence-corrected chi connectivity index (χ4v) is 2.18. The van der Waals surface area contributed by atoms with E-state index in [0.29, 0.717) is 6.42 Å². The first-order valence-electron chi connectivity index (χ1n) is 6.95. The van der Waals surface area contributed by atoms with Crippen molar-refractivity contribution in [2.75, 3.05) is 6.54 Å². The van der Waals surface area contributed by atoms with Gasteiger partial charge in [0.2, 0.25) is 5.91 Å². The maximum Gasteiger partial charge on any atom is 0.220 e. The molecular formula is C16H25NO. The van der Waals surface area contributed by atoms with Crippen LogP contribution >= 0.6 is 0 Å². The largest absolute Gasteiger partial charge is 0.356 e. The van der Waals surface area contributed by atoms with Crippen molar-refractivity contribution in [3.8, 4) is 0 Å². The van der Waals surface area contributed by atoms with Gasteiger partial charge >= 0.3 is 0 Å². The van der Waals surface area contributed by atoms with Crippen LogP contribution in [-0.2, 0) is 11.2 Å². The molecule has 1 aromatic carbocycles. The van der Waals surface area contributed by atoms with Crippen molar-refractivity contribution >= 4 is 5.91 Å². The molecule has 0 aliphatic carbocycles. The van der Waals surface area contributed by atoms with E-state index in [9.17, 15) is 4.79 Å². The van der Waals surface area contributed by atoms with E-state index in [1.54, 1.807) is 0 Å². The Labute approximate surface area is 111 Å². The highest BCUT2D eigenvalue weighted by molar-refractivity contribution is 5.75. The van der Waals surface area contributed by atoms with E-state index in [1.807, 2.05) is 0 Å². The highest BCUT2D eigenvalue weighted by Gasteiger charge is 2.01. The Bertz CT molecular complexity index is 364. The smallest absolute Gasteiger partial charge is 0.220 e. The van der Waals surface area contributed by atoms with Gasteiger partial charge in [-0.2, -0.15) is 0 Å². The number of rotatable bonds is 7. The zero-order valence-corrected chi connectivity index (χ0v) is 11.9. The van der Waals surface area contributed by atoms with E-state index in [4.69, 9.17) is 0 Å². The second kappa shape index (κ2) is 7.91. The van der Waals surface area contributed by atoms with Gasteiger partial charge in [-0.3, -0.25) is 4.79 Å². The van der Waals surface area contributed by atoms with E-state index in [2.05, 4.69) is 44.3 Å². The summed E-state index contributed by atoms with van der Waals surface area (Å²) < 4.78 is 0. The summed E-state index contributed by atoms with van der Waals surface area (Å²) in [5, 5.41) is 2.99. The Morgan fingerprint density at radius 3 is 2.39 bits per heavy atom. The van der Waals surface area contributed by atoms with Crippen molar-refractivity contribution in [2.45, 2.75) is 52.9 Å². The molecule has 0 atom stereocenters. The molecule has 0 saturated heterocycles.